The Kier molecular flexibility index (Phi) is 3.72. The molecule has 0 saturated heterocycles. The summed E-state index contributed by atoms with van der Waals surface area (Å²) in [5, 5.41) is 3.25. The van der Waals surface area contributed by atoms with E-state index < -0.39 is 0 Å². The predicted molar refractivity (Wildman–Crippen MR) is 71.7 cm³/mol. The van der Waals surface area contributed by atoms with Crippen molar-refractivity contribution in [2.24, 2.45) is 0 Å². The van der Waals surface area contributed by atoms with Crippen LogP contribution in [-0.4, -0.2) is 19.2 Å². The van der Waals surface area contributed by atoms with E-state index in [1.807, 2.05) is 7.05 Å². The summed E-state index contributed by atoms with van der Waals surface area (Å²) in [6, 6.07) is 6.56. The van der Waals surface area contributed by atoms with E-state index in [4.69, 9.17) is 4.74 Å². The van der Waals surface area contributed by atoms with Crippen molar-refractivity contribution in [1.82, 2.24) is 5.32 Å². The normalized spacial score (nSPS) is 15.5. The van der Waals surface area contributed by atoms with Crippen LogP contribution in [-0.2, 0) is 12.8 Å². The number of hydrogen-bond donors (Lipinski definition) is 1. The van der Waals surface area contributed by atoms with Gasteiger partial charge in [-0.3, -0.25) is 0 Å². The number of benzene rings is 1. The van der Waals surface area contributed by atoms with Gasteiger partial charge < -0.3 is 10.1 Å². The van der Waals surface area contributed by atoms with Crippen LogP contribution in [0.5, 0.6) is 5.75 Å². The van der Waals surface area contributed by atoms with Crippen LogP contribution < -0.4 is 10.1 Å². The lowest BCUT2D eigenvalue weighted by Gasteiger charge is -2.24. The van der Waals surface area contributed by atoms with Gasteiger partial charge in [-0.25, -0.2) is 0 Å². The van der Waals surface area contributed by atoms with E-state index in [1.54, 1.807) is 0 Å². The fraction of sp³-hybridized carbons (Fsp3) is 0.600. The van der Waals surface area contributed by atoms with Gasteiger partial charge in [0.2, 0.25) is 0 Å². The molecule has 0 atom stereocenters. The van der Waals surface area contributed by atoms with E-state index in [0.29, 0.717) is 6.61 Å². The SMILES string of the molecule is CNC(C)(C)COc1ccc2c(c1)CCCC2. The number of rotatable bonds is 4. The zero-order valence-electron chi connectivity index (χ0n) is 11.2. The minimum absolute atomic E-state index is 0.0237. The van der Waals surface area contributed by atoms with E-state index in [0.717, 1.165) is 5.75 Å². The third-order valence-corrected chi connectivity index (χ3v) is 3.60. The molecule has 2 nitrogen and oxygen atoms in total. The van der Waals surface area contributed by atoms with Gasteiger partial charge in [0.05, 0.1) is 0 Å². The molecule has 0 radical (unpaired) electrons. The Labute approximate surface area is 104 Å². The standard InChI is InChI=1S/C15H23NO/c1-15(2,16-3)11-17-14-9-8-12-6-4-5-7-13(12)10-14/h8-10,16H,4-7,11H2,1-3H3. The summed E-state index contributed by atoms with van der Waals surface area (Å²) in [7, 11) is 1.97. The van der Waals surface area contributed by atoms with Crippen molar-refractivity contribution in [1.29, 1.82) is 0 Å². The smallest absolute Gasteiger partial charge is 0.119 e. The van der Waals surface area contributed by atoms with Crippen LogP contribution in [0.25, 0.3) is 0 Å². The predicted octanol–water partition coefficient (Wildman–Crippen LogP) is 2.94. The average Bonchev–Trinajstić information content (AvgIpc) is 2.36. The minimum atomic E-state index is 0.0237. The highest BCUT2D eigenvalue weighted by Gasteiger charge is 2.16. The Hall–Kier alpha value is -1.02. The Morgan fingerprint density at radius 3 is 2.59 bits per heavy atom. The van der Waals surface area contributed by atoms with Gasteiger partial charge in [0.1, 0.15) is 12.4 Å². The average molecular weight is 233 g/mol. The maximum absolute atomic E-state index is 5.87. The molecule has 0 bridgehead atoms. The molecule has 1 aliphatic carbocycles. The van der Waals surface area contributed by atoms with Gasteiger partial charge in [0.25, 0.3) is 0 Å². The summed E-state index contributed by atoms with van der Waals surface area (Å²) in [5.74, 6) is 1.01. The molecule has 1 aromatic carbocycles. The van der Waals surface area contributed by atoms with Crippen molar-refractivity contribution >= 4 is 0 Å². The molecule has 17 heavy (non-hydrogen) atoms. The van der Waals surface area contributed by atoms with Gasteiger partial charge in [-0.05, 0) is 69.8 Å². The van der Waals surface area contributed by atoms with Crippen molar-refractivity contribution in [3.8, 4) is 5.75 Å². The van der Waals surface area contributed by atoms with Gasteiger partial charge in [0.15, 0.2) is 0 Å². The summed E-state index contributed by atoms with van der Waals surface area (Å²) < 4.78 is 5.87. The molecule has 0 heterocycles. The quantitative estimate of drug-likeness (QED) is 0.863. The van der Waals surface area contributed by atoms with Crippen LogP contribution >= 0.6 is 0 Å². The molecule has 1 N–H and O–H groups in total. The number of hydrogen-bond acceptors (Lipinski definition) is 2. The van der Waals surface area contributed by atoms with Crippen LogP contribution in [0.15, 0.2) is 18.2 Å². The van der Waals surface area contributed by atoms with Crippen molar-refractivity contribution in [2.45, 2.75) is 45.1 Å². The van der Waals surface area contributed by atoms with Gasteiger partial charge in [-0.15, -0.1) is 0 Å². The van der Waals surface area contributed by atoms with E-state index in [-0.39, 0.29) is 5.54 Å². The van der Waals surface area contributed by atoms with Gasteiger partial charge >= 0.3 is 0 Å². The van der Waals surface area contributed by atoms with Crippen molar-refractivity contribution in [2.75, 3.05) is 13.7 Å². The van der Waals surface area contributed by atoms with E-state index in [1.165, 1.54) is 36.8 Å². The van der Waals surface area contributed by atoms with Crippen molar-refractivity contribution < 1.29 is 4.74 Å². The molecule has 0 spiro atoms. The van der Waals surface area contributed by atoms with Crippen LogP contribution in [0, 0.1) is 0 Å². The summed E-state index contributed by atoms with van der Waals surface area (Å²) in [5.41, 5.74) is 3.02. The second kappa shape index (κ2) is 5.09. The van der Waals surface area contributed by atoms with Crippen LogP contribution in [0.3, 0.4) is 0 Å². The number of fused-ring (bicyclic) bond motifs is 1. The number of likely N-dealkylation sites (N-methyl/N-ethyl adjacent to an activating group) is 1. The Morgan fingerprint density at radius 1 is 1.18 bits per heavy atom. The Morgan fingerprint density at radius 2 is 1.88 bits per heavy atom. The maximum Gasteiger partial charge on any atom is 0.119 e. The molecule has 0 saturated carbocycles. The molecule has 0 fully saturated rings. The topological polar surface area (TPSA) is 21.3 Å². The molecule has 0 aliphatic heterocycles. The monoisotopic (exact) mass is 233 g/mol. The zero-order chi connectivity index (χ0) is 12.3. The molecular formula is C15H23NO. The lowest BCUT2D eigenvalue weighted by atomic mass is 9.92. The first-order chi connectivity index (χ1) is 8.11. The number of ether oxygens (including phenoxy) is 1. The second-order valence-corrected chi connectivity index (χ2v) is 5.56. The molecule has 94 valence electrons. The fourth-order valence-corrected chi connectivity index (χ4v) is 2.14. The summed E-state index contributed by atoms with van der Waals surface area (Å²) in [6.07, 6.45) is 5.10. The largest absolute Gasteiger partial charge is 0.492 e. The molecule has 1 aromatic rings. The second-order valence-electron chi connectivity index (χ2n) is 5.56. The molecule has 0 aromatic heterocycles. The summed E-state index contributed by atoms with van der Waals surface area (Å²) in [6.45, 7) is 4.99. The molecular weight excluding hydrogens is 210 g/mol. The first-order valence-corrected chi connectivity index (χ1v) is 6.54. The van der Waals surface area contributed by atoms with Crippen LogP contribution in [0.2, 0.25) is 0 Å². The fourth-order valence-electron chi connectivity index (χ4n) is 2.14. The van der Waals surface area contributed by atoms with Crippen LogP contribution in [0.4, 0.5) is 0 Å². The highest BCUT2D eigenvalue weighted by atomic mass is 16.5. The number of nitrogens with one attached hydrogen (secondary N) is 1. The Balaban J connectivity index is 2.02. The van der Waals surface area contributed by atoms with Crippen LogP contribution in [0.1, 0.15) is 37.8 Å². The molecule has 2 rings (SSSR count). The van der Waals surface area contributed by atoms with Gasteiger partial charge in [0, 0.05) is 5.54 Å². The highest BCUT2D eigenvalue weighted by Crippen LogP contribution is 2.25. The van der Waals surface area contributed by atoms with Gasteiger partial charge in [-0.2, -0.15) is 0 Å². The lowest BCUT2D eigenvalue weighted by Crippen LogP contribution is -2.42. The lowest BCUT2D eigenvalue weighted by molar-refractivity contribution is 0.217. The molecule has 2 heteroatoms. The molecule has 0 unspecified atom stereocenters. The van der Waals surface area contributed by atoms with Gasteiger partial charge in [-0.1, -0.05) is 6.07 Å². The van der Waals surface area contributed by atoms with Crippen molar-refractivity contribution in [3.63, 3.8) is 0 Å². The molecule has 0 amide bonds. The Bertz CT molecular complexity index is 385. The summed E-state index contributed by atoms with van der Waals surface area (Å²) in [4.78, 5) is 0. The minimum Gasteiger partial charge on any atom is -0.492 e. The third-order valence-electron chi connectivity index (χ3n) is 3.60. The highest BCUT2D eigenvalue weighted by molar-refractivity contribution is 5.37. The molecule has 1 aliphatic rings. The van der Waals surface area contributed by atoms with E-state index >= 15 is 0 Å². The zero-order valence-corrected chi connectivity index (χ0v) is 11.2. The summed E-state index contributed by atoms with van der Waals surface area (Å²) >= 11 is 0. The van der Waals surface area contributed by atoms with E-state index in [2.05, 4.69) is 37.4 Å². The third kappa shape index (κ3) is 3.22. The first-order valence-electron chi connectivity index (χ1n) is 6.54. The van der Waals surface area contributed by atoms with Crippen molar-refractivity contribution in [3.05, 3.63) is 29.3 Å². The number of aryl methyl sites for hydroxylation is 2. The first kappa shape index (κ1) is 12.4. The maximum atomic E-state index is 5.87. The van der Waals surface area contributed by atoms with E-state index in [9.17, 15) is 0 Å².